The molecule has 3 heteroatoms. The summed E-state index contributed by atoms with van der Waals surface area (Å²) in [5.41, 5.74) is 0.743. The quantitative estimate of drug-likeness (QED) is 0.738. The molecule has 0 aliphatic carbocycles. The Kier molecular flexibility index (Phi) is 3.68. The van der Waals surface area contributed by atoms with Crippen molar-refractivity contribution in [2.45, 2.75) is 33.1 Å². The normalized spacial score (nSPS) is 11.3. The van der Waals surface area contributed by atoms with Gasteiger partial charge in [0.25, 0.3) is 0 Å². The molecule has 0 heterocycles. The Balaban J connectivity index is 3.15. The summed E-state index contributed by atoms with van der Waals surface area (Å²) in [7, 11) is 0. The fourth-order valence-corrected chi connectivity index (χ4v) is 1.69. The fourth-order valence-electron chi connectivity index (χ4n) is 1.69. The van der Waals surface area contributed by atoms with Crippen LogP contribution in [0.25, 0.3) is 0 Å². The van der Waals surface area contributed by atoms with E-state index < -0.39 is 5.41 Å². The Morgan fingerprint density at radius 3 is 2.62 bits per heavy atom. The van der Waals surface area contributed by atoms with Crippen LogP contribution in [0.5, 0.6) is 0 Å². The van der Waals surface area contributed by atoms with Crippen molar-refractivity contribution in [2.24, 2.45) is 0 Å². The van der Waals surface area contributed by atoms with E-state index in [1.165, 1.54) is 12.1 Å². The maximum absolute atomic E-state index is 13.2. The molecule has 0 bridgehead atoms. The summed E-state index contributed by atoms with van der Waals surface area (Å²) in [5, 5.41) is 0. The van der Waals surface area contributed by atoms with Crippen molar-refractivity contribution in [3.05, 3.63) is 35.1 Å². The summed E-state index contributed by atoms with van der Waals surface area (Å²) in [5.74, 6) is -0.665. The summed E-state index contributed by atoms with van der Waals surface area (Å²) >= 11 is 0. The number of hydrogen-bond acceptors (Lipinski definition) is 2. The lowest BCUT2D eigenvalue weighted by atomic mass is 9.82. The van der Waals surface area contributed by atoms with E-state index in [4.69, 9.17) is 4.74 Å². The second-order valence-corrected chi connectivity index (χ2v) is 4.30. The summed E-state index contributed by atoms with van der Waals surface area (Å²) in [4.78, 5) is 11.8. The SMILES string of the molecule is CCOC(=O)C(C)(C)c1cc(F)ccc1C. The molecule has 2 nitrogen and oxygen atoms in total. The first-order valence-corrected chi connectivity index (χ1v) is 5.33. The zero-order chi connectivity index (χ0) is 12.3. The Morgan fingerprint density at radius 2 is 2.06 bits per heavy atom. The van der Waals surface area contributed by atoms with Gasteiger partial charge in [0.1, 0.15) is 5.82 Å². The molecular formula is C13H17FO2. The molecule has 0 unspecified atom stereocenters. The summed E-state index contributed by atoms with van der Waals surface area (Å²) in [6, 6.07) is 4.46. The largest absolute Gasteiger partial charge is 0.465 e. The minimum atomic E-state index is -0.817. The standard InChI is InChI=1S/C13H17FO2/c1-5-16-12(15)13(3,4)11-8-10(14)7-6-9(11)2/h6-8H,5H2,1-4H3. The molecule has 0 aromatic heterocycles. The van der Waals surface area contributed by atoms with E-state index in [9.17, 15) is 9.18 Å². The van der Waals surface area contributed by atoms with Crippen molar-refractivity contribution in [3.8, 4) is 0 Å². The topological polar surface area (TPSA) is 26.3 Å². The lowest BCUT2D eigenvalue weighted by Gasteiger charge is -2.24. The number of ether oxygens (including phenoxy) is 1. The van der Waals surface area contributed by atoms with Crippen molar-refractivity contribution in [1.82, 2.24) is 0 Å². The van der Waals surface area contributed by atoms with Crippen LogP contribution in [0.4, 0.5) is 4.39 Å². The average Bonchev–Trinajstić information content (AvgIpc) is 2.22. The highest BCUT2D eigenvalue weighted by atomic mass is 19.1. The van der Waals surface area contributed by atoms with E-state index in [2.05, 4.69) is 0 Å². The number of hydrogen-bond donors (Lipinski definition) is 0. The molecule has 0 atom stereocenters. The molecule has 1 aromatic rings. The van der Waals surface area contributed by atoms with E-state index in [1.54, 1.807) is 26.8 Å². The van der Waals surface area contributed by atoms with Crippen molar-refractivity contribution in [2.75, 3.05) is 6.61 Å². The predicted octanol–water partition coefficient (Wildman–Crippen LogP) is 2.97. The predicted molar refractivity (Wildman–Crippen MR) is 60.8 cm³/mol. The van der Waals surface area contributed by atoms with Gasteiger partial charge in [-0.2, -0.15) is 0 Å². The minimum Gasteiger partial charge on any atom is -0.465 e. The third-order valence-corrected chi connectivity index (χ3v) is 2.66. The fraction of sp³-hybridized carbons (Fsp3) is 0.462. The van der Waals surface area contributed by atoms with Crippen molar-refractivity contribution >= 4 is 5.97 Å². The molecule has 16 heavy (non-hydrogen) atoms. The zero-order valence-corrected chi connectivity index (χ0v) is 10.1. The number of carbonyl (C=O) groups is 1. The lowest BCUT2D eigenvalue weighted by Crippen LogP contribution is -2.32. The summed E-state index contributed by atoms with van der Waals surface area (Å²) in [6.07, 6.45) is 0. The second kappa shape index (κ2) is 4.64. The lowest BCUT2D eigenvalue weighted by molar-refractivity contribution is -0.148. The maximum atomic E-state index is 13.2. The van der Waals surface area contributed by atoms with Gasteiger partial charge in [-0.15, -0.1) is 0 Å². The first-order valence-electron chi connectivity index (χ1n) is 5.33. The number of benzene rings is 1. The van der Waals surface area contributed by atoms with Gasteiger partial charge in [0.15, 0.2) is 0 Å². The second-order valence-electron chi connectivity index (χ2n) is 4.30. The third-order valence-electron chi connectivity index (χ3n) is 2.66. The monoisotopic (exact) mass is 224 g/mol. The van der Waals surface area contributed by atoms with Gasteiger partial charge < -0.3 is 4.74 Å². The van der Waals surface area contributed by atoms with Gasteiger partial charge in [-0.3, -0.25) is 4.79 Å². The van der Waals surface area contributed by atoms with Crippen LogP contribution in [-0.4, -0.2) is 12.6 Å². The molecular weight excluding hydrogens is 207 g/mol. The van der Waals surface area contributed by atoms with Crippen LogP contribution < -0.4 is 0 Å². The third kappa shape index (κ3) is 2.40. The van der Waals surface area contributed by atoms with Gasteiger partial charge in [0.2, 0.25) is 0 Å². The minimum absolute atomic E-state index is 0.330. The van der Waals surface area contributed by atoms with E-state index in [-0.39, 0.29) is 11.8 Å². The van der Waals surface area contributed by atoms with Crippen LogP contribution in [-0.2, 0) is 14.9 Å². The Labute approximate surface area is 95.4 Å². The summed E-state index contributed by atoms with van der Waals surface area (Å²) in [6.45, 7) is 7.43. The highest BCUT2D eigenvalue weighted by Crippen LogP contribution is 2.28. The van der Waals surface area contributed by atoms with Gasteiger partial charge in [-0.05, 0) is 51.0 Å². The van der Waals surface area contributed by atoms with Crippen molar-refractivity contribution in [1.29, 1.82) is 0 Å². The molecule has 0 spiro atoms. The van der Waals surface area contributed by atoms with E-state index in [0.717, 1.165) is 5.56 Å². The molecule has 1 rings (SSSR count). The Hall–Kier alpha value is -1.38. The van der Waals surface area contributed by atoms with Crippen LogP contribution in [0.1, 0.15) is 31.9 Å². The highest BCUT2D eigenvalue weighted by molar-refractivity contribution is 5.82. The van der Waals surface area contributed by atoms with Gasteiger partial charge >= 0.3 is 5.97 Å². The molecule has 1 aromatic carbocycles. The van der Waals surface area contributed by atoms with Crippen LogP contribution >= 0.6 is 0 Å². The molecule has 0 N–H and O–H groups in total. The number of esters is 1. The van der Waals surface area contributed by atoms with Gasteiger partial charge in [-0.1, -0.05) is 6.07 Å². The van der Waals surface area contributed by atoms with Crippen molar-refractivity contribution < 1.29 is 13.9 Å². The highest BCUT2D eigenvalue weighted by Gasteiger charge is 2.32. The van der Waals surface area contributed by atoms with Gasteiger partial charge in [-0.25, -0.2) is 4.39 Å². The van der Waals surface area contributed by atoms with Gasteiger partial charge in [0, 0.05) is 0 Å². The van der Waals surface area contributed by atoms with Crippen LogP contribution in [0.15, 0.2) is 18.2 Å². The molecule has 0 radical (unpaired) electrons. The first-order chi connectivity index (χ1) is 7.39. The summed E-state index contributed by atoms with van der Waals surface area (Å²) < 4.78 is 18.2. The Bertz CT molecular complexity index is 397. The van der Waals surface area contributed by atoms with Crippen LogP contribution in [0, 0.1) is 12.7 Å². The number of carbonyl (C=O) groups excluding carboxylic acids is 1. The molecule has 0 aliphatic heterocycles. The molecule has 0 saturated heterocycles. The number of aryl methyl sites for hydroxylation is 1. The molecule has 0 aliphatic rings. The smallest absolute Gasteiger partial charge is 0.315 e. The van der Waals surface area contributed by atoms with Gasteiger partial charge in [0.05, 0.1) is 12.0 Å². The number of rotatable bonds is 3. The molecule has 0 amide bonds. The van der Waals surface area contributed by atoms with E-state index >= 15 is 0 Å². The van der Waals surface area contributed by atoms with Crippen molar-refractivity contribution in [3.63, 3.8) is 0 Å². The molecule has 88 valence electrons. The first kappa shape index (κ1) is 12.7. The molecule has 0 saturated carbocycles. The Morgan fingerprint density at radius 1 is 1.44 bits per heavy atom. The van der Waals surface area contributed by atoms with Crippen LogP contribution in [0.3, 0.4) is 0 Å². The van der Waals surface area contributed by atoms with E-state index in [1.807, 2.05) is 6.92 Å². The van der Waals surface area contributed by atoms with E-state index in [0.29, 0.717) is 12.2 Å². The van der Waals surface area contributed by atoms with Crippen LogP contribution in [0.2, 0.25) is 0 Å². The molecule has 0 fully saturated rings. The average molecular weight is 224 g/mol. The number of halogens is 1. The maximum Gasteiger partial charge on any atom is 0.315 e. The zero-order valence-electron chi connectivity index (χ0n) is 10.1.